The van der Waals surface area contributed by atoms with Crippen LogP contribution in [0.15, 0.2) is 18.5 Å². The van der Waals surface area contributed by atoms with Crippen LogP contribution in [0.4, 0.5) is 0 Å². The molecule has 6 nitrogen and oxygen atoms in total. The fraction of sp³-hybridized carbons (Fsp3) is 0.357. The standard InChI is InChI=1S/C14H18N4O2/c1-14(2,3)8-20-11-7-17-13-12(18-11)9(6-16-13)4-5-10(15)19/h4-7H,8H2,1-3H3,(H2,15,19)(H,16,17). The van der Waals surface area contributed by atoms with Crippen LogP contribution in [0.2, 0.25) is 0 Å². The Morgan fingerprint density at radius 2 is 2.25 bits per heavy atom. The number of carbonyl (C=O) groups is 1. The van der Waals surface area contributed by atoms with Crippen LogP contribution in [0.25, 0.3) is 17.2 Å². The molecule has 0 aliphatic carbocycles. The zero-order valence-electron chi connectivity index (χ0n) is 11.8. The normalized spacial score (nSPS) is 12.2. The Kier molecular flexibility index (Phi) is 3.74. The average Bonchev–Trinajstić information content (AvgIpc) is 2.75. The summed E-state index contributed by atoms with van der Waals surface area (Å²) in [5, 5.41) is 0. The van der Waals surface area contributed by atoms with Crippen molar-refractivity contribution in [3.05, 3.63) is 24.0 Å². The number of amides is 1. The van der Waals surface area contributed by atoms with Gasteiger partial charge >= 0.3 is 0 Å². The van der Waals surface area contributed by atoms with E-state index in [4.69, 9.17) is 10.5 Å². The Balaban J connectivity index is 2.27. The van der Waals surface area contributed by atoms with Crippen molar-refractivity contribution in [2.45, 2.75) is 20.8 Å². The van der Waals surface area contributed by atoms with Gasteiger partial charge in [0, 0.05) is 17.8 Å². The SMILES string of the molecule is CC(C)(C)COc1cnc2[nH]cc(C=CC(N)=O)c2n1. The minimum atomic E-state index is -0.507. The summed E-state index contributed by atoms with van der Waals surface area (Å²) in [6.07, 6.45) is 6.18. The number of rotatable bonds is 4. The minimum Gasteiger partial charge on any atom is -0.476 e. The van der Waals surface area contributed by atoms with Crippen LogP contribution in [0.5, 0.6) is 5.88 Å². The number of nitrogens with two attached hydrogens (primary N) is 1. The van der Waals surface area contributed by atoms with Crippen LogP contribution in [0, 0.1) is 5.41 Å². The van der Waals surface area contributed by atoms with Crippen molar-refractivity contribution in [1.82, 2.24) is 15.0 Å². The van der Waals surface area contributed by atoms with Gasteiger partial charge in [0.2, 0.25) is 11.8 Å². The molecule has 0 bridgehead atoms. The largest absolute Gasteiger partial charge is 0.476 e. The molecule has 0 saturated heterocycles. The van der Waals surface area contributed by atoms with E-state index < -0.39 is 5.91 Å². The number of hydrogen-bond acceptors (Lipinski definition) is 4. The van der Waals surface area contributed by atoms with Gasteiger partial charge in [-0.3, -0.25) is 4.79 Å². The van der Waals surface area contributed by atoms with E-state index in [0.717, 1.165) is 5.56 Å². The van der Waals surface area contributed by atoms with Crippen LogP contribution < -0.4 is 10.5 Å². The Morgan fingerprint density at radius 3 is 2.90 bits per heavy atom. The summed E-state index contributed by atoms with van der Waals surface area (Å²) >= 11 is 0. The second-order valence-corrected chi connectivity index (χ2v) is 5.73. The summed E-state index contributed by atoms with van der Waals surface area (Å²) in [6.45, 7) is 6.78. The van der Waals surface area contributed by atoms with Crippen molar-refractivity contribution in [2.75, 3.05) is 6.61 Å². The summed E-state index contributed by atoms with van der Waals surface area (Å²) in [7, 11) is 0. The van der Waals surface area contributed by atoms with Crippen molar-refractivity contribution in [3.8, 4) is 5.88 Å². The van der Waals surface area contributed by atoms with Gasteiger partial charge in [-0.15, -0.1) is 0 Å². The molecule has 0 unspecified atom stereocenters. The van der Waals surface area contributed by atoms with Gasteiger partial charge in [0.15, 0.2) is 5.65 Å². The summed E-state index contributed by atoms with van der Waals surface area (Å²) in [6, 6.07) is 0. The monoisotopic (exact) mass is 274 g/mol. The summed E-state index contributed by atoms with van der Waals surface area (Å²) < 4.78 is 5.63. The minimum absolute atomic E-state index is 0.0451. The molecule has 0 spiro atoms. The third kappa shape index (κ3) is 3.57. The topological polar surface area (TPSA) is 93.9 Å². The smallest absolute Gasteiger partial charge is 0.241 e. The first-order chi connectivity index (χ1) is 9.35. The maximum Gasteiger partial charge on any atom is 0.241 e. The van der Waals surface area contributed by atoms with Crippen LogP contribution in [-0.2, 0) is 4.79 Å². The van der Waals surface area contributed by atoms with Gasteiger partial charge in [-0.05, 0) is 11.5 Å². The molecule has 20 heavy (non-hydrogen) atoms. The lowest BCUT2D eigenvalue weighted by Gasteiger charge is -2.17. The molecule has 2 rings (SSSR count). The van der Waals surface area contributed by atoms with E-state index in [1.807, 2.05) is 0 Å². The van der Waals surface area contributed by atoms with Crippen LogP contribution in [0.1, 0.15) is 26.3 Å². The van der Waals surface area contributed by atoms with Crippen molar-refractivity contribution in [2.24, 2.45) is 11.1 Å². The number of nitrogens with one attached hydrogen (secondary N) is 1. The molecule has 2 aromatic heterocycles. The number of fused-ring (bicyclic) bond motifs is 1. The highest BCUT2D eigenvalue weighted by Gasteiger charge is 2.13. The number of carbonyl (C=O) groups excluding carboxylic acids is 1. The molecular weight excluding hydrogens is 256 g/mol. The van der Waals surface area contributed by atoms with Crippen LogP contribution in [0.3, 0.4) is 0 Å². The molecule has 2 heterocycles. The van der Waals surface area contributed by atoms with Crippen molar-refractivity contribution >= 4 is 23.1 Å². The van der Waals surface area contributed by atoms with Gasteiger partial charge in [-0.2, -0.15) is 0 Å². The lowest BCUT2D eigenvalue weighted by molar-refractivity contribution is -0.113. The fourth-order valence-corrected chi connectivity index (χ4v) is 1.55. The first-order valence-electron chi connectivity index (χ1n) is 6.29. The van der Waals surface area contributed by atoms with E-state index in [1.165, 1.54) is 6.08 Å². The first-order valence-corrected chi connectivity index (χ1v) is 6.29. The molecule has 0 radical (unpaired) electrons. The molecule has 0 atom stereocenters. The number of ether oxygens (including phenoxy) is 1. The molecule has 0 aliphatic rings. The number of H-pyrrole nitrogens is 1. The van der Waals surface area contributed by atoms with E-state index in [-0.39, 0.29) is 5.41 Å². The molecule has 106 valence electrons. The van der Waals surface area contributed by atoms with E-state index in [1.54, 1.807) is 18.5 Å². The second kappa shape index (κ2) is 5.32. The van der Waals surface area contributed by atoms with Gasteiger partial charge in [0.05, 0.1) is 12.8 Å². The molecule has 3 N–H and O–H groups in total. The van der Waals surface area contributed by atoms with Crippen LogP contribution in [-0.4, -0.2) is 27.5 Å². The van der Waals surface area contributed by atoms with Crippen LogP contribution >= 0.6 is 0 Å². The maximum absolute atomic E-state index is 10.8. The Hall–Kier alpha value is -2.37. The van der Waals surface area contributed by atoms with Crippen molar-refractivity contribution in [1.29, 1.82) is 0 Å². The Bertz CT molecular complexity index is 653. The van der Waals surface area contributed by atoms with E-state index in [2.05, 4.69) is 35.7 Å². The lowest BCUT2D eigenvalue weighted by Crippen LogP contribution is -2.17. The Morgan fingerprint density at radius 1 is 1.50 bits per heavy atom. The van der Waals surface area contributed by atoms with Gasteiger partial charge < -0.3 is 15.5 Å². The number of nitrogens with zero attached hydrogens (tertiary/aromatic N) is 2. The number of hydrogen-bond donors (Lipinski definition) is 2. The predicted molar refractivity (Wildman–Crippen MR) is 77.1 cm³/mol. The number of primary amides is 1. The summed E-state index contributed by atoms with van der Waals surface area (Å²) in [4.78, 5) is 22.4. The van der Waals surface area contributed by atoms with Gasteiger partial charge in [-0.1, -0.05) is 20.8 Å². The zero-order chi connectivity index (χ0) is 14.8. The third-order valence-electron chi connectivity index (χ3n) is 2.47. The number of aromatic nitrogens is 3. The van der Waals surface area contributed by atoms with E-state index in [0.29, 0.717) is 23.7 Å². The highest BCUT2D eigenvalue weighted by molar-refractivity contribution is 5.93. The van der Waals surface area contributed by atoms with Gasteiger partial charge in [0.1, 0.15) is 5.52 Å². The molecule has 0 saturated carbocycles. The summed E-state index contributed by atoms with van der Waals surface area (Å²) in [5.41, 5.74) is 7.15. The highest BCUT2D eigenvalue weighted by Crippen LogP contribution is 2.20. The predicted octanol–water partition coefficient (Wildman–Crippen LogP) is 1.88. The molecule has 1 amide bonds. The Labute approximate surface area is 117 Å². The summed E-state index contributed by atoms with van der Waals surface area (Å²) in [5.74, 6) is -0.0480. The highest BCUT2D eigenvalue weighted by atomic mass is 16.5. The van der Waals surface area contributed by atoms with Crippen molar-refractivity contribution in [3.63, 3.8) is 0 Å². The van der Waals surface area contributed by atoms with Gasteiger partial charge in [0.25, 0.3) is 0 Å². The average molecular weight is 274 g/mol. The van der Waals surface area contributed by atoms with E-state index >= 15 is 0 Å². The first kappa shape index (κ1) is 14.0. The zero-order valence-corrected chi connectivity index (χ0v) is 11.8. The van der Waals surface area contributed by atoms with Crippen molar-refractivity contribution < 1.29 is 9.53 Å². The lowest BCUT2D eigenvalue weighted by atomic mass is 9.99. The van der Waals surface area contributed by atoms with E-state index in [9.17, 15) is 4.79 Å². The molecule has 2 aromatic rings. The third-order valence-corrected chi connectivity index (χ3v) is 2.47. The van der Waals surface area contributed by atoms with Gasteiger partial charge in [-0.25, -0.2) is 9.97 Å². The molecule has 6 heteroatoms. The fourth-order valence-electron chi connectivity index (χ4n) is 1.55. The maximum atomic E-state index is 10.8. The number of aromatic amines is 1. The molecular formula is C14H18N4O2. The molecule has 0 aliphatic heterocycles. The molecule has 0 aromatic carbocycles. The quantitative estimate of drug-likeness (QED) is 0.832. The second-order valence-electron chi connectivity index (χ2n) is 5.73. The molecule has 0 fully saturated rings.